The van der Waals surface area contributed by atoms with Gasteiger partial charge in [-0.15, -0.1) is 0 Å². The second-order valence-electron chi connectivity index (χ2n) is 8.45. The number of nitrogens with two attached hydrogens (primary N) is 1. The average Bonchev–Trinajstić information content (AvgIpc) is 3.34. The van der Waals surface area contributed by atoms with E-state index in [-0.39, 0.29) is 31.3 Å². The molecule has 2 aromatic heterocycles. The Hall–Kier alpha value is -4.64. The Morgan fingerprint density at radius 1 is 1.05 bits per heavy atom. The molecule has 10 nitrogen and oxygen atoms in total. The van der Waals surface area contributed by atoms with Gasteiger partial charge in [0.05, 0.1) is 45.4 Å². The topological polar surface area (TPSA) is 125 Å². The highest BCUT2D eigenvalue weighted by atomic mass is 19.1. The molecule has 2 heterocycles. The van der Waals surface area contributed by atoms with Crippen molar-refractivity contribution in [3.05, 3.63) is 83.4 Å². The van der Waals surface area contributed by atoms with Crippen LogP contribution in [0.15, 0.2) is 60.8 Å². The Bertz CT molecular complexity index is 1420. The van der Waals surface area contributed by atoms with Crippen LogP contribution in [0.3, 0.4) is 0 Å². The zero-order valence-corrected chi connectivity index (χ0v) is 21.2. The fourth-order valence-corrected chi connectivity index (χ4v) is 3.92. The molecule has 0 saturated carbocycles. The maximum absolute atomic E-state index is 14.6. The van der Waals surface area contributed by atoms with Gasteiger partial charge in [0.1, 0.15) is 23.1 Å². The second-order valence-corrected chi connectivity index (χ2v) is 8.45. The first-order valence-electron chi connectivity index (χ1n) is 11.6. The van der Waals surface area contributed by atoms with Crippen molar-refractivity contribution in [1.29, 1.82) is 0 Å². The summed E-state index contributed by atoms with van der Waals surface area (Å²) in [5, 5.41) is 14.2. The SMILES string of the molecule is COc1ccc(CN(C(=O)O)c2ccc(F)c(COCc3cc(N)c(OC)c(-c4ccn(C)n4)c3)n2)cc1. The largest absolute Gasteiger partial charge is 0.497 e. The monoisotopic (exact) mass is 521 g/mol. The predicted octanol–water partition coefficient (Wildman–Crippen LogP) is 4.62. The van der Waals surface area contributed by atoms with Gasteiger partial charge in [0.25, 0.3) is 0 Å². The number of benzene rings is 2. The molecule has 3 N–H and O–H groups in total. The first-order valence-corrected chi connectivity index (χ1v) is 11.6. The number of methoxy groups -OCH3 is 2. The zero-order valence-electron chi connectivity index (χ0n) is 21.2. The van der Waals surface area contributed by atoms with Crippen molar-refractivity contribution < 1.29 is 28.5 Å². The highest BCUT2D eigenvalue weighted by Gasteiger charge is 2.19. The van der Waals surface area contributed by atoms with E-state index in [9.17, 15) is 14.3 Å². The fraction of sp³-hybridized carbons (Fsp3) is 0.222. The van der Waals surface area contributed by atoms with Crippen LogP contribution in [0.1, 0.15) is 16.8 Å². The molecule has 0 atom stereocenters. The van der Waals surface area contributed by atoms with Crippen molar-refractivity contribution in [2.45, 2.75) is 19.8 Å². The van der Waals surface area contributed by atoms with Gasteiger partial charge in [-0.25, -0.2) is 14.2 Å². The Morgan fingerprint density at radius 2 is 1.82 bits per heavy atom. The minimum Gasteiger partial charge on any atom is -0.497 e. The van der Waals surface area contributed by atoms with E-state index in [4.69, 9.17) is 19.9 Å². The third-order valence-electron chi connectivity index (χ3n) is 5.79. The van der Waals surface area contributed by atoms with Crippen LogP contribution in [0.5, 0.6) is 11.5 Å². The summed E-state index contributed by atoms with van der Waals surface area (Å²) in [4.78, 5) is 17.2. The standard InChI is InChI=1S/C27H28FN5O5/c1-32-11-10-23(31-32)20-12-18(13-22(29)26(20)37-3)15-38-16-24-21(28)8-9-25(30-24)33(27(34)35)14-17-4-6-19(36-2)7-5-17/h4-13H,14-16,29H2,1-3H3,(H,34,35). The van der Waals surface area contributed by atoms with Gasteiger partial charge in [-0.2, -0.15) is 5.10 Å². The van der Waals surface area contributed by atoms with Gasteiger partial charge in [-0.1, -0.05) is 12.1 Å². The third kappa shape index (κ3) is 6.01. The number of carboxylic acid groups (broad SMARTS) is 1. The summed E-state index contributed by atoms with van der Waals surface area (Å²) in [5.74, 6) is 0.630. The van der Waals surface area contributed by atoms with Crippen LogP contribution in [0.4, 0.5) is 20.7 Å². The lowest BCUT2D eigenvalue weighted by Crippen LogP contribution is -2.29. The second kappa shape index (κ2) is 11.6. The van der Waals surface area contributed by atoms with E-state index in [0.29, 0.717) is 28.4 Å². The number of hydrogen-bond acceptors (Lipinski definition) is 7. The van der Waals surface area contributed by atoms with E-state index in [0.717, 1.165) is 16.0 Å². The van der Waals surface area contributed by atoms with Crippen LogP contribution >= 0.6 is 0 Å². The molecule has 0 bridgehead atoms. The highest BCUT2D eigenvalue weighted by Crippen LogP contribution is 2.35. The highest BCUT2D eigenvalue weighted by molar-refractivity contribution is 5.84. The first-order chi connectivity index (χ1) is 18.3. The first kappa shape index (κ1) is 26.4. The van der Waals surface area contributed by atoms with Gasteiger partial charge in [0.15, 0.2) is 5.75 Å². The molecule has 2 aromatic carbocycles. The predicted molar refractivity (Wildman–Crippen MR) is 139 cm³/mol. The van der Waals surface area contributed by atoms with Crippen molar-refractivity contribution in [2.75, 3.05) is 24.9 Å². The van der Waals surface area contributed by atoms with E-state index < -0.39 is 11.9 Å². The normalized spacial score (nSPS) is 10.8. The van der Waals surface area contributed by atoms with Crippen LogP contribution in [0, 0.1) is 5.82 Å². The van der Waals surface area contributed by atoms with E-state index in [1.807, 2.05) is 25.4 Å². The molecule has 0 spiro atoms. The summed E-state index contributed by atoms with van der Waals surface area (Å²) in [6.07, 6.45) is 0.590. The summed E-state index contributed by atoms with van der Waals surface area (Å²) in [6.45, 7) is -0.0475. The molecule has 4 aromatic rings. The summed E-state index contributed by atoms with van der Waals surface area (Å²) in [5.41, 5.74) is 9.42. The van der Waals surface area contributed by atoms with Crippen molar-refractivity contribution in [3.8, 4) is 22.8 Å². The molecular formula is C27H28FN5O5. The van der Waals surface area contributed by atoms with Gasteiger partial charge in [0, 0.05) is 18.8 Å². The lowest BCUT2D eigenvalue weighted by atomic mass is 10.1. The molecule has 38 heavy (non-hydrogen) atoms. The van der Waals surface area contributed by atoms with Crippen molar-refractivity contribution in [3.63, 3.8) is 0 Å². The van der Waals surface area contributed by atoms with Gasteiger partial charge in [0.2, 0.25) is 0 Å². The van der Waals surface area contributed by atoms with Gasteiger partial charge in [-0.05, 0) is 53.6 Å². The number of carbonyl (C=O) groups is 1. The molecule has 198 valence electrons. The van der Waals surface area contributed by atoms with Gasteiger partial charge < -0.3 is 25.1 Å². The Labute approximate surface area is 219 Å². The number of aromatic nitrogens is 3. The number of aryl methyl sites for hydroxylation is 1. The van der Waals surface area contributed by atoms with E-state index in [1.54, 1.807) is 42.1 Å². The Kier molecular flexibility index (Phi) is 8.07. The maximum atomic E-state index is 14.6. The van der Waals surface area contributed by atoms with Crippen LogP contribution in [-0.4, -0.2) is 40.2 Å². The zero-order chi connectivity index (χ0) is 27.2. The van der Waals surface area contributed by atoms with Gasteiger partial charge >= 0.3 is 6.09 Å². The molecule has 11 heteroatoms. The molecule has 0 aliphatic carbocycles. The van der Waals surface area contributed by atoms with Crippen LogP contribution in [0.25, 0.3) is 11.3 Å². The van der Waals surface area contributed by atoms with E-state index in [2.05, 4.69) is 10.1 Å². The van der Waals surface area contributed by atoms with Crippen molar-refractivity contribution >= 4 is 17.6 Å². The number of hydrogen-bond donors (Lipinski definition) is 2. The Morgan fingerprint density at radius 3 is 2.45 bits per heavy atom. The number of anilines is 2. The lowest BCUT2D eigenvalue weighted by Gasteiger charge is -2.19. The van der Waals surface area contributed by atoms with Crippen LogP contribution in [0.2, 0.25) is 0 Å². The third-order valence-corrected chi connectivity index (χ3v) is 5.79. The number of halogens is 1. The quantitative estimate of drug-likeness (QED) is 0.290. The summed E-state index contributed by atoms with van der Waals surface area (Å²) < 4.78 is 32.6. The van der Waals surface area contributed by atoms with Crippen molar-refractivity contribution in [2.24, 2.45) is 7.05 Å². The van der Waals surface area contributed by atoms with Crippen molar-refractivity contribution in [1.82, 2.24) is 14.8 Å². The fourth-order valence-electron chi connectivity index (χ4n) is 3.92. The molecule has 0 fully saturated rings. The number of amides is 1. The molecule has 0 saturated heterocycles. The number of ether oxygens (including phenoxy) is 3. The average molecular weight is 522 g/mol. The number of pyridine rings is 1. The molecule has 0 aliphatic heterocycles. The van der Waals surface area contributed by atoms with Crippen LogP contribution in [-0.2, 0) is 31.5 Å². The number of nitrogen functional groups attached to an aromatic ring is 1. The molecule has 0 radical (unpaired) electrons. The van der Waals surface area contributed by atoms with Crippen LogP contribution < -0.4 is 20.1 Å². The smallest absolute Gasteiger partial charge is 0.413 e. The Balaban J connectivity index is 1.49. The van der Waals surface area contributed by atoms with E-state index >= 15 is 0 Å². The minimum atomic E-state index is -1.22. The summed E-state index contributed by atoms with van der Waals surface area (Å²) in [7, 11) is 4.89. The minimum absolute atomic E-state index is 0.0186. The molecule has 1 amide bonds. The maximum Gasteiger partial charge on any atom is 0.413 e. The molecule has 4 rings (SSSR count). The van der Waals surface area contributed by atoms with E-state index in [1.165, 1.54) is 19.2 Å². The lowest BCUT2D eigenvalue weighted by molar-refractivity contribution is 0.102. The molecular weight excluding hydrogens is 493 g/mol. The molecule has 0 unspecified atom stereocenters. The van der Waals surface area contributed by atoms with Gasteiger partial charge in [-0.3, -0.25) is 9.58 Å². The summed E-state index contributed by atoms with van der Waals surface area (Å²) in [6, 6.07) is 14.9. The molecule has 0 aliphatic rings. The summed E-state index contributed by atoms with van der Waals surface area (Å²) >= 11 is 0. The number of rotatable bonds is 10. The number of nitrogens with zero attached hydrogens (tertiary/aromatic N) is 4.